The maximum absolute atomic E-state index is 12.1. The number of nitrogens with one attached hydrogen (secondary N) is 1. The third-order valence-corrected chi connectivity index (χ3v) is 6.48. The minimum Gasteiger partial charge on any atom is -0.378 e. The highest BCUT2D eigenvalue weighted by molar-refractivity contribution is 5.76. The molecule has 2 aromatic heterocycles. The number of nitroso groups, excluding NO2 is 1. The standard InChI is InChI=1S/C22H31N7O4/c30-18(26-28-31)15-17(8-4-7-16-5-2-1-3-6-16)22-25-20(27-33-22)19-21(24-10-9-23-19)29-11-13-32-14-12-29/h9-10,16-17H,1-8,11-15H2,(H,26,30,31). The predicted molar refractivity (Wildman–Crippen MR) is 120 cm³/mol. The summed E-state index contributed by atoms with van der Waals surface area (Å²) in [5.74, 6) is 1.39. The smallest absolute Gasteiger partial charge is 0.243 e. The van der Waals surface area contributed by atoms with Crippen molar-refractivity contribution < 1.29 is 14.1 Å². The molecule has 0 bridgehead atoms. The Morgan fingerprint density at radius 2 is 1.97 bits per heavy atom. The lowest BCUT2D eigenvalue weighted by Crippen LogP contribution is -2.37. The van der Waals surface area contributed by atoms with Crippen molar-refractivity contribution in [2.24, 2.45) is 11.2 Å². The number of rotatable bonds is 10. The van der Waals surface area contributed by atoms with Gasteiger partial charge in [-0.2, -0.15) is 4.98 Å². The van der Waals surface area contributed by atoms with Gasteiger partial charge in [-0.05, 0) is 12.3 Å². The summed E-state index contributed by atoms with van der Waals surface area (Å²) < 4.78 is 11.0. The second-order valence-electron chi connectivity index (χ2n) is 8.75. The number of morpholine rings is 1. The monoisotopic (exact) mass is 457 g/mol. The number of hydrogen-bond acceptors (Lipinski definition) is 10. The van der Waals surface area contributed by atoms with Crippen LogP contribution in [0.1, 0.15) is 69.6 Å². The van der Waals surface area contributed by atoms with E-state index in [-0.39, 0.29) is 12.3 Å². The van der Waals surface area contributed by atoms with Gasteiger partial charge in [-0.1, -0.05) is 50.1 Å². The zero-order chi connectivity index (χ0) is 22.9. The third kappa shape index (κ3) is 6.31. The average molecular weight is 458 g/mol. The molecule has 11 nitrogen and oxygen atoms in total. The van der Waals surface area contributed by atoms with Crippen molar-refractivity contribution >= 4 is 11.7 Å². The zero-order valence-corrected chi connectivity index (χ0v) is 18.8. The molecule has 1 N–H and O–H groups in total. The number of hydrogen-bond donors (Lipinski definition) is 1. The van der Waals surface area contributed by atoms with E-state index in [1.54, 1.807) is 12.4 Å². The van der Waals surface area contributed by atoms with E-state index < -0.39 is 5.91 Å². The van der Waals surface area contributed by atoms with Gasteiger partial charge in [0, 0.05) is 37.8 Å². The lowest BCUT2D eigenvalue weighted by atomic mass is 9.84. The predicted octanol–water partition coefficient (Wildman–Crippen LogP) is 3.39. The van der Waals surface area contributed by atoms with Crippen molar-refractivity contribution in [2.45, 2.75) is 63.7 Å². The van der Waals surface area contributed by atoms with Gasteiger partial charge in [0.2, 0.25) is 17.6 Å². The van der Waals surface area contributed by atoms with Gasteiger partial charge in [-0.25, -0.2) is 15.4 Å². The molecular weight excluding hydrogens is 426 g/mol. The molecule has 0 aromatic carbocycles. The molecule has 0 radical (unpaired) electrons. The molecule has 2 aliphatic rings. The van der Waals surface area contributed by atoms with Crippen LogP contribution in [0.4, 0.5) is 5.82 Å². The van der Waals surface area contributed by atoms with Gasteiger partial charge in [0.15, 0.2) is 11.5 Å². The lowest BCUT2D eigenvalue weighted by Gasteiger charge is -2.28. The number of aromatic nitrogens is 4. The summed E-state index contributed by atoms with van der Waals surface area (Å²) in [5.41, 5.74) is 2.51. The SMILES string of the molecule is O=NNC(=O)CC(CCCC1CCCCC1)c1nc(-c2nccnc2N2CCOCC2)no1. The molecule has 1 unspecified atom stereocenters. The first-order chi connectivity index (χ1) is 16.2. The molecule has 1 amide bonds. The van der Waals surface area contributed by atoms with Crippen LogP contribution < -0.4 is 10.3 Å². The third-order valence-electron chi connectivity index (χ3n) is 6.48. The quantitative estimate of drug-likeness (QED) is 0.420. The van der Waals surface area contributed by atoms with Crippen LogP contribution in [0.2, 0.25) is 0 Å². The molecule has 1 saturated carbocycles. The normalized spacial score (nSPS) is 18.1. The van der Waals surface area contributed by atoms with E-state index in [0.29, 0.717) is 49.5 Å². The molecule has 2 fully saturated rings. The fourth-order valence-electron chi connectivity index (χ4n) is 4.75. The van der Waals surface area contributed by atoms with Crippen molar-refractivity contribution in [3.05, 3.63) is 23.2 Å². The highest BCUT2D eigenvalue weighted by Crippen LogP contribution is 2.32. The first-order valence-corrected chi connectivity index (χ1v) is 11.8. The van der Waals surface area contributed by atoms with E-state index in [4.69, 9.17) is 9.26 Å². The molecule has 4 rings (SSSR count). The molecule has 11 heteroatoms. The van der Waals surface area contributed by atoms with Crippen LogP contribution in [0.15, 0.2) is 22.2 Å². The van der Waals surface area contributed by atoms with Crippen LogP contribution in [-0.4, -0.2) is 52.3 Å². The highest BCUT2D eigenvalue weighted by atomic mass is 16.5. The van der Waals surface area contributed by atoms with Crippen molar-refractivity contribution in [2.75, 3.05) is 31.2 Å². The van der Waals surface area contributed by atoms with E-state index in [9.17, 15) is 9.70 Å². The van der Waals surface area contributed by atoms with E-state index in [1.165, 1.54) is 32.1 Å². The number of amides is 1. The van der Waals surface area contributed by atoms with Crippen LogP contribution in [-0.2, 0) is 9.53 Å². The van der Waals surface area contributed by atoms with E-state index in [0.717, 1.165) is 25.2 Å². The topological polar surface area (TPSA) is 136 Å². The second kappa shape index (κ2) is 11.8. The van der Waals surface area contributed by atoms with Crippen molar-refractivity contribution in [3.8, 4) is 11.5 Å². The molecule has 1 saturated heterocycles. The fraction of sp³-hybridized carbons (Fsp3) is 0.682. The summed E-state index contributed by atoms with van der Waals surface area (Å²) in [7, 11) is 0. The zero-order valence-electron chi connectivity index (χ0n) is 18.8. The van der Waals surface area contributed by atoms with Crippen molar-refractivity contribution in [1.29, 1.82) is 0 Å². The van der Waals surface area contributed by atoms with Crippen molar-refractivity contribution in [1.82, 2.24) is 25.5 Å². The molecular formula is C22H31N7O4. The molecule has 1 atom stereocenters. The van der Waals surface area contributed by atoms with Gasteiger partial charge >= 0.3 is 0 Å². The Kier molecular flexibility index (Phi) is 8.29. The van der Waals surface area contributed by atoms with Crippen LogP contribution in [0.5, 0.6) is 0 Å². The van der Waals surface area contributed by atoms with Crippen LogP contribution in [0.25, 0.3) is 11.5 Å². The summed E-state index contributed by atoms with van der Waals surface area (Å²) in [4.78, 5) is 38.2. The second-order valence-corrected chi connectivity index (χ2v) is 8.75. The van der Waals surface area contributed by atoms with Crippen molar-refractivity contribution in [3.63, 3.8) is 0 Å². The molecule has 178 valence electrons. The number of nitrogens with zero attached hydrogens (tertiary/aromatic N) is 6. The van der Waals surface area contributed by atoms with Gasteiger partial charge in [0.1, 0.15) is 0 Å². The Labute approximate surface area is 192 Å². The first-order valence-electron chi connectivity index (χ1n) is 11.8. The highest BCUT2D eigenvalue weighted by Gasteiger charge is 2.26. The minimum absolute atomic E-state index is 0.0643. The summed E-state index contributed by atoms with van der Waals surface area (Å²) >= 11 is 0. The molecule has 33 heavy (non-hydrogen) atoms. The van der Waals surface area contributed by atoms with Gasteiger partial charge in [-0.15, -0.1) is 4.91 Å². The fourth-order valence-corrected chi connectivity index (χ4v) is 4.75. The molecule has 1 aliphatic carbocycles. The molecule has 1 aliphatic heterocycles. The Morgan fingerprint density at radius 1 is 1.18 bits per heavy atom. The van der Waals surface area contributed by atoms with Gasteiger partial charge in [0.05, 0.1) is 18.5 Å². The molecule has 3 heterocycles. The number of ether oxygens (including phenoxy) is 1. The summed E-state index contributed by atoms with van der Waals surface area (Å²) in [5, 5.41) is 6.65. The van der Waals surface area contributed by atoms with Gasteiger partial charge in [-0.3, -0.25) is 4.79 Å². The van der Waals surface area contributed by atoms with Gasteiger partial charge < -0.3 is 14.2 Å². The first kappa shape index (κ1) is 23.2. The van der Waals surface area contributed by atoms with E-state index in [1.807, 2.05) is 5.43 Å². The Morgan fingerprint density at radius 3 is 2.76 bits per heavy atom. The Bertz CT molecular complexity index is 910. The Balaban J connectivity index is 1.48. The van der Waals surface area contributed by atoms with E-state index in [2.05, 4.69) is 30.3 Å². The summed E-state index contributed by atoms with van der Waals surface area (Å²) in [6.45, 7) is 2.66. The van der Waals surface area contributed by atoms with Crippen LogP contribution >= 0.6 is 0 Å². The average Bonchev–Trinajstić information content (AvgIpc) is 3.35. The molecule has 0 spiro atoms. The number of carbonyl (C=O) groups excluding carboxylic acids is 1. The largest absolute Gasteiger partial charge is 0.378 e. The maximum atomic E-state index is 12.1. The number of anilines is 1. The maximum Gasteiger partial charge on any atom is 0.243 e. The summed E-state index contributed by atoms with van der Waals surface area (Å²) in [6.07, 6.45) is 12.6. The molecule has 2 aromatic rings. The lowest BCUT2D eigenvalue weighted by molar-refractivity contribution is -0.121. The van der Waals surface area contributed by atoms with Gasteiger partial charge in [0.25, 0.3) is 0 Å². The van der Waals surface area contributed by atoms with Crippen LogP contribution in [0, 0.1) is 10.8 Å². The number of carbonyl (C=O) groups is 1. The van der Waals surface area contributed by atoms with E-state index >= 15 is 0 Å². The van der Waals surface area contributed by atoms with Crippen LogP contribution in [0.3, 0.4) is 0 Å². The Hall–Kier alpha value is -2.95. The summed E-state index contributed by atoms with van der Waals surface area (Å²) in [6, 6.07) is 0. The minimum atomic E-state index is -0.457.